The van der Waals surface area contributed by atoms with Gasteiger partial charge in [0.25, 0.3) is 0 Å². The molecule has 2 rings (SSSR count). The van der Waals surface area contributed by atoms with Crippen LogP contribution in [0, 0.1) is 0 Å². The van der Waals surface area contributed by atoms with Crippen LogP contribution in [0.5, 0.6) is 0 Å². The zero-order chi connectivity index (χ0) is 17.0. The lowest BCUT2D eigenvalue weighted by Gasteiger charge is -2.21. The molecule has 1 aromatic carbocycles. The molecule has 23 heavy (non-hydrogen) atoms. The Morgan fingerprint density at radius 3 is 2.43 bits per heavy atom. The highest BCUT2D eigenvalue weighted by Gasteiger charge is 2.23. The maximum Gasteiger partial charge on any atom is 0.412 e. The van der Waals surface area contributed by atoms with Gasteiger partial charge in [-0.3, -0.25) is 5.32 Å². The molecule has 1 fully saturated rings. The molecule has 1 aromatic rings. The van der Waals surface area contributed by atoms with Crippen molar-refractivity contribution in [2.24, 2.45) is 5.73 Å². The van der Waals surface area contributed by atoms with Crippen LogP contribution in [0.2, 0.25) is 0 Å². The molecule has 5 heteroatoms. The van der Waals surface area contributed by atoms with Gasteiger partial charge in [-0.05, 0) is 64.7 Å². The Morgan fingerprint density at radius 1 is 1.26 bits per heavy atom. The third kappa shape index (κ3) is 5.84. The van der Waals surface area contributed by atoms with Crippen molar-refractivity contribution in [1.29, 1.82) is 0 Å². The Kier molecular flexibility index (Phi) is 5.65. The predicted octanol–water partition coefficient (Wildman–Crippen LogP) is 3.56. The van der Waals surface area contributed by atoms with Gasteiger partial charge in [-0.2, -0.15) is 0 Å². The van der Waals surface area contributed by atoms with E-state index in [0.29, 0.717) is 12.1 Å². The minimum absolute atomic E-state index is 0.265. The summed E-state index contributed by atoms with van der Waals surface area (Å²) in [5, 5.41) is 6.37. The van der Waals surface area contributed by atoms with Gasteiger partial charge in [0.05, 0.1) is 0 Å². The number of hydrogen-bond acceptors (Lipinski definition) is 4. The number of anilines is 1. The zero-order valence-electron chi connectivity index (χ0n) is 14.6. The van der Waals surface area contributed by atoms with E-state index in [1.165, 1.54) is 5.56 Å². The van der Waals surface area contributed by atoms with E-state index < -0.39 is 11.7 Å². The van der Waals surface area contributed by atoms with Crippen molar-refractivity contribution < 1.29 is 9.53 Å². The number of benzene rings is 1. The fourth-order valence-electron chi connectivity index (χ4n) is 2.89. The number of ether oxygens (including phenoxy) is 1. The normalized spacial score (nSPS) is 22.7. The molecule has 4 N–H and O–H groups in total. The quantitative estimate of drug-likeness (QED) is 0.793. The Labute approximate surface area is 139 Å². The molecular formula is C18H29N3O2. The van der Waals surface area contributed by atoms with E-state index in [2.05, 4.69) is 17.6 Å². The van der Waals surface area contributed by atoms with E-state index in [-0.39, 0.29) is 6.04 Å². The lowest BCUT2D eigenvalue weighted by molar-refractivity contribution is 0.0636. The van der Waals surface area contributed by atoms with E-state index in [0.717, 1.165) is 24.9 Å². The summed E-state index contributed by atoms with van der Waals surface area (Å²) in [5.74, 6) is 0. The zero-order valence-corrected chi connectivity index (χ0v) is 14.6. The fraction of sp³-hybridized carbons (Fsp3) is 0.611. The molecule has 0 spiro atoms. The standard InChI is InChI=1S/C18H29N3O2/c1-12(20-16-10-7-14(19)11-16)13-5-8-15(9-6-13)21-17(22)23-18(2,3)4/h5-6,8-9,12,14,16,20H,7,10-11,19H2,1-4H3,(H,21,22). The first-order valence-electron chi connectivity index (χ1n) is 8.34. The third-order valence-electron chi connectivity index (χ3n) is 4.01. The second-order valence-corrected chi connectivity index (χ2v) is 7.41. The van der Waals surface area contributed by atoms with Gasteiger partial charge in [-0.1, -0.05) is 12.1 Å². The summed E-state index contributed by atoms with van der Waals surface area (Å²) < 4.78 is 5.24. The summed E-state index contributed by atoms with van der Waals surface area (Å²) in [4.78, 5) is 11.8. The third-order valence-corrected chi connectivity index (χ3v) is 4.01. The van der Waals surface area contributed by atoms with Crippen molar-refractivity contribution in [3.05, 3.63) is 29.8 Å². The molecule has 3 atom stereocenters. The number of carbonyl (C=O) groups excluding carboxylic acids is 1. The summed E-state index contributed by atoms with van der Waals surface area (Å²) in [7, 11) is 0. The molecular weight excluding hydrogens is 290 g/mol. The molecule has 0 saturated heterocycles. The lowest BCUT2D eigenvalue weighted by atomic mass is 10.1. The van der Waals surface area contributed by atoms with E-state index in [4.69, 9.17) is 10.5 Å². The maximum atomic E-state index is 11.8. The maximum absolute atomic E-state index is 11.8. The van der Waals surface area contributed by atoms with Crippen LogP contribution in [0.3, 0.4) is 0 Å². The minimum atomic E-state index is -0.495. The highest BCUT2D eigenvalue weighted by atomic mass is 16.6. The topological polar surface area (TPSA) is 76.4 Å². The monoisotopic (exact) mass is 319 g/mol. The van der Waals surface area contributed by atoms with Gasteiger partial charge < -0.3 is 15.8 Å². The lowest BCUT2D eigenvalue weighted by Crippen LogP contribution is -2.30. The number of hydrogen-bond donors (Lipinski definition) is 3. The Morgan fingerprint density at radius 2 is 1.91 bits per heavy atom. The molecule has 1 aliphatic carbocycles. The molecule has 1 saturated carbocycles. The molecule has 0 radical (unpaired) electrons. The van der Waals surface area contributed by atoms with Crippen molar-refractivity contribution in [2.45, 2.75) is 70.7 Å². The molecule has 5 nitrogen and oxygen atoms in total. The second-order valence-electron chi connectivity index (χ2n) is 7.41. The first kappa shape index (κ1) is 17.8. The van der Waals surface area contributed by atoms with Gasteiger partial charge >= 0.3 is 6.09 Å². The predicted molar refractivity (Wildman–Crippen MR) is 93.5 cm³/mol. The number of nitrogens with one attached hydrogen (secondary N) is 2. The summed E-state index contributed by atoms with van der Waals surface area (Å²) >= 11 is 0. The van der Waals surface area contributed by atoms with Crippen molar-refractivity contribution in [2.75, 3.05) is 5.32 Å². The van der Waals surface area contributed by atoms with E-state index in [1.54, 1.807) is 0 Å². The smallest absolute Gasteiger partial charge is 0.412 e. The number of rotatable bonds is 4. The number of amides is 1. The summed E-state index contributed by atoms with van der Waals surface area (Å²) in [6.07, 6.45) is 2.85. The number of nitrogens with two attached hydrogens (primary N) is 1. The highest BCUT2D eigenvalue weighted by molar-refractivity contribution is 5.84. The van der Waals surface area contributed by atoms with Gasteiger partial charge in [-0.15, -0.1) is 0 Å². The van der Waals surface area contributed by atoms with Crippen LogP contribution in [-0.4, -0.2) is 23.8 Å². The Hall–Kier alpha value is -1.59. The molecule has 0 aromatic heterocycles. The SMILES string of the molecule is CC(NC1CCC(N)C1)c1ccc(NC(=O)OC(C)(C)C)cc1. The Balaban J connectivity index is 1.87. The fourth-order valence-corrected chi connectivity index (χ4v) is 2.89. The second kappa shape index (κ2) is 7.32. The molecule has 0 aliphatic heterocycles. The first-order valence-corrected chi connectivity index (χ1v) is 8.34. The molecule has 0 heterocycles. The highest BCUT2D eigenvalue weighted by Crippen LogP contribution is 2.22. The summed E-state index contributed by atoms with van der Waals surface area (Å²) in [6.45, 7) is 7.69. The van der Waals surface area contributed by atoms with Gasteiger partial charge in [0.1, 0.15) is 5.60 Å². The van der Waals surface area contributed by atoms with Gasteiger partial charge in [0.15, 0.2) is 0 Å². The van der Waals surface area contributed by atoms with Crippen LogP contribution in [0.15, 0.2) is 24.3 Å². The van der Waals surface area contributed by atoms with Crippen LogP contribution in [-0.2, 0) is 4.74 Å². The van der Waals surface area contributed by atoms with Gasteiger partial charge in [0, 0.05) is 23.8 Å². The molecule has 128 valence electrons. The van der Waals surface area contributed by atoms with E-state index in [1.807, 2.05) is 45.0 Å². The van der Waals surface area contributed by atoms with Crippen LogP contribution < -0.4 is 16.4 Å². The molecule has 1 amide bonds. The average Bonchev–Trinajstić information content (AvgIpc) is 2.82. The largest absolute Gasteiger partial charge is 0.444 e. The van der Waals surface area contributed by atoms with E-state index in [9.17, 15) is 4.79 Å². The van der Waals surface area contributed by atoms with Crippen LogP contribution in [0.4, 0.5) is 10.5 Å². The minimum Gasteiger partial charge on any atom is -0.444 e. The molecule has 3 unspecified atom stereocenters. The van der Waals surface area contributed by atoms with Crippen LogP contribution in [0.25, 0.3) is 0 Å². The Bertz CT molecular complexity index is 522. The van der Waals surface area contributed by atoms with Crippen LogP contribution >= 0.6 is 0 Å². The first-order chi connectivity index (χ1) is 10.7. The van der Waals surface area contributed by atoms with Crippen LogP contribution in [0.1, 0.15) is 58.6 Å². The van der Waals surface area contributed by atoms with Crippen molar-refractivity contribution >= 4 is 11.8 Å². The van der Waals surface area contributed by atoms with Crippen molar-refractivity contribution in [3.8, 4) is 0 Å². The van der Waals surface area contributed by atoms with Gasteiger partial charge in [-0.25, -0.2) is 4.79 Å². The summed E-state index contributed by atoms with van der Waals surface area (Å²) in [5.41, 5.74) is 7.39. The van der Waals surface area contributed by atoms with Crippen molar-refractivity contribution in [1.82, 2.24) is 5.32 Å². The van der Waals surface area contributed by atoms with Crippen molar-refractivity contribution in [3.63, 3.8) is 0 Å². The summed E-state index contributed by atoms with van der Waals surface area (Å²) in [6, 6.07) is 8.95. The number of carbonyl (C=O) groups is 1. The molecule has 0 bridgehead atoms. The van der Waals surface area contributed by atoms with E-state index >= 15 is 0 Å². The molecule has 1 aliphatic rings. The van der Waals surface area contributed by atoms with Gasteiger partial charge in [0.2, 0.25) is 0 Å². The average molecular weight is 319 g/mol.